The standard InChI is InChI=1S/C20H22ClF2NO3/c1-10(27-19(26)14-5-16(22)17(23)6-15(14)21)18(25)24-20-7-11-2-12(8-20)4-13(3-11)9-20/h5-6,10-13H,2-4,7-9H2,1H3,(H,24,25)/t10-,11?,12?,13?,20?/m0/s1. The molecule has 0 aromatic heterocycles. The molecular weight excluding hydrogens is 376 g/mol. The van der Waals surface area contributed by atoms with Crippen molar-refractivity contribution in [3.05, 3.63) is 34.4 Å². The van der Waals surface area contributed by atoms with Gasteiger partial charge < -0.3 is 10.1 Å². The van der Waals surface area contributed by atoms with Crippen LogP contribution in [0, 0.1) is 29.4 Å². The molecule has 4 saturated carbocycles. The summed E-state index contributed by atoms with van der Waals surface area (Å²) in [5.74, 6) is -1.63. The molecule has 4 fully saturated rings. The number of carbonyl (C=O) groups excluding carboxylic acids is 2. The highest BCUT2D eigenvalue weighted by molar-refractivity contribution is 6.33. The third-order valence-corrected chi connectivity index (χ3v) is 6.62. The molecule has 0 spiro atoms. The summed E-state index contributed by atoms with van der Waals surface area (Å²) in [7, 11) is 0. The Morgan fingerprint density at radius 3 is 2.19 bits per heavy atom. The number of ether oxygens (including phenoxy) is 1. The van der Waals surface area contributed by atoms with Crippen molar-refractivity contribution in [2.45, 2.75) is 57.1 Å². The number of benzene rings is 1. The number of hydrogen-bond donors (Lipinski definition) is 1. The Bertz CT molecular complexity index is 762. The number of halogens is 3. The Balaban J connectivity index is 1.41. The van der Waals surface area contributed by atoms with E-state index in [0.29, 0.717) is 29.9 Å². The third kappa shape index (κ3) is 3.56. The summed E-state index contributed by atoms with van der Waals surface area (Å²) >= 11 is 5.80. The van der Waals surface area contributed by atoms with Crippen molar-refractivity contribution >= 4 is 23.5 Å². The van der Waals surface area contributed by atoms with E-state index in [1.165, 1.54) is 26.2 Å². The van der Waals surface area contributed by atoms with Crippen LogP contribution in [0.4, 0.5) is 8.78 Å². The molecule has 0 unspecified atom stereocenters. The SMILES string of the molecule is C[C@H](OC(=O)c1cc(F)c(F)cc1Cl)C(=O)NC12CC3CC(CC(C3)C1)C2. The zero-order valence-corrected chi connectivity index (χ0v) is 15.8. The predicted octanol–water partition coefficient (Wildman–Crippen LogP) is 4.25. The summed E-state index contributed by atoms with van der Waals surface area (Å²) in [6, 6.07) is 1.40. The summed E-state index contributed by atoms with van der Waals surface area (Å²) < 4.78 is 31.7. The largest absolute Gasteiger partial charge is 0.449 e. The molecular formula is C20H22ClF2NO3. The Kier molecular flexibility index (Phi) is 4.65. The van der Waals surface area contributed by atoms with E-state index < -0.39 is 23.7 Å². The fourth-order valence-electron chi connectivity index (χ4n) is 5.58. The van der Waals surface area contributed by atoms with Crippen LogP contribution in [-0.2, 0) is 9.53 Å². The first-order valence-corrected chi connectivity index (χ1v) is 9.80. The number of rotatable bonds is 4. The van der Waals surface area contributed by atoms with Crippen LogP contribution in [0.25, 0.3) is 0 Å². The number of amides is 1. The molecule has 27 heavy (non-hydrogen) atoms. The Morgan fingerprint density at radius 1 is 1.11 bits per heavy atom. The van der Waals surface area contributed by atoms with Crippen molar-refractivity contribution < 1.29 is 23.1 Å². The van der Waals surface area contributed by atoms with Gasteiger partial charge in [0.05, 0.1) is 10.6 Å². The van der Waals surface area contributed by atoms with Crippen LogP contribution in [0.3, 0.4) is 0 Å². The Hall–Kier alpha value is -1.69. The Morgan fingerprint density at radius 2 is 1.63 bits per heavy atom. The lowest BCUT2D eigenvalue weighted by molar-refractivity contribution is -0.134. The molecule has 7 heteroatoms. The normalized spacial score (nSPS) is 32.2. The second-order valence-corrected chi connectivity index (χ2v) is 8.89. The van der Waals surface area contributed by atoms with Gasteiger partial charge in [-0.05, 0) is 75.3 Å². The quantitative estimate of drug-likeness (QED) is 0.610. The molecule has 4 nitrogen and oxygen atoms in total. The van der Waals surface area contributed by atoms with Crippen molar-refractivity contribution in [1.82, 2.24) is 5.32 Å². The van der Waals surface area contributed by atoms with Gasteiger partial charge in [0.2, 0.25) is 0 Å². The molecule has 146 valence electrons. The van der Waals surface area contributed by atoms with Crippen LogP contribution >= 0.6 is 11.6 Å². The number of nitrogens with one attached hydrogen (secondary N) is 1. The van der Waals surface area contributed by atoms with E-state index in [9.17, 15) is 18.4 Å². The molecule has 1 N–H and O–H groups in total. The maximum Gasteiger partial charge on any atom is 0.340 e. The van der Waals surface area contributed by atoms with Gasteiger partial charge in [-0.1, -0.05) is 11.6 Å². The average Bonchev–Trinajstić information content (AvgIpc) is 2.56. The lowest BCUT2D eigenvalue weighted by Crippen LogP contribution is -2.61. The van der Waals surface area contributed by atoms with Gasteiger partial charge in [0.15, 0.2) is 17.7 Å². The first-order chi connectivity index (χ1) is 12.7. The Labute approximate surface area is 161 Å². The van der Waals surface area contributed by atoms with E-state index in [0.717, 1.165) is 19.3 Å². The molecule has 0 radical (unpaired) electrons. The fourth-order valence-corrected chi connectivity index (χ4v) is 5.81. The van der Waals surface area contributed by atoms with Crippen LogP contribution in [0.2, 0.25) is 5.02 Å². The third-order valence-electron chi connectivity index (χ3n) is 6.31. The van der Waals surface area contributed by atoms with E-state index >= 15 is 0 Å². The molecule has 5 rings (SSSR count). The number of carbonyl (C=O) groups is 2. The van der Waals surface area contributed by atoms with Gasteiger partial charge in [-0.3, -0.25) is 4.79 Å². The minimum absolute atomic E-state index is 0.188. The summed E-state index contributed by atoms with van der Waals surface area (Å²) in [4.78, 5) is 24.9. The molecule has 0 heterocycles. The number of hydrogen-bond acceptors (Lipinski definition) is 3. The molecule has 4 aliphatic carbocycles. The lowest BCUT2D eigenvalue weighted by Gasteiger charge is -2.57. The maximum absolute atomic E-state index is 13.4. The number of esters is 1. The van der Waals surface area contributed by atoms with Gasteiger partial charge in [0.1, 0.15) is 0 Å². The summed E-state index contributed by atoms with van der Waals surface area (Å²) in [5, 5.41) is 2.88. The van der Waals surface area contributed by atoms with Gasteiger partial charge in [-0.15, -0.1) is 0 Å². The highest BCUT2D eigenvalue weighted by Gasteiger charge is 2.51. The second-order valence-electron chi connectivity index (χ2n) is 8.48. The molecule has 0 saturated heterocycles. The van der Waals surface area contributed by atoms with Crippen LogP contribution in [0.5, 0.6) is 0 Å². The van der Waals surface area contributed by atoms with Crippen LogP contribution in [0.15, 0.2) is 12.1 Å². The predicted molar refractivity (Wildman–Crippen MR) is 95.3 cm³/mol. The monoisotopic (exact) mass is 397 g/mol. The van der Waals surface area contributed by atoms with Crippen LogP contribution in [0.1, 0.15) is 55.8 Å². The van der Waals surface area contributed by atoms with Gasteiger partial charge in [-0.25, -0.2) is 13.6 Å². The topological polar surface area (TPSA) is 55.4 Å². The lowest BCUT2D eigenvalue weighted by atomic mass is 9.53. The van der Waals surface area contributed by atoms with E-state index in [-0.39, 0.29) is 22.0 Å². The van der Waals surface area contributed by atoms with Gasteiger partial charge in [0.25, 0.3) is 5.91 Å². The minimum Gasteiger partial charge on any atom is -0.449 e. The van der Waals surface area contributed by atoms with Gasteiger partial charge in [0, 0.05) is 5.54 Å². The van der Waals surface area contributed by atoms with Gasteiger partial charge >= 0.3 is 5.97 Å². The van der Waals surface area contributed by atoms with E-state index in [2.05, 4.69) is 5.32 Å². The maximum atomic E-state index is 13.4. The summed E-state index contributed by atoms with van der Waals surface area (Å²) in [6.45, 7) is 1.47. The van der Waals surface area contributed by atoms with Crippen LogP contribution in [-0.4, -0.2) is 23.5 Å². The average molecular weight is 398 g/mol. The molecule has 4 aliphatic rings. The zero-order valence-electron chi connectivity index (χ0n) is 15.1. The van der Waals surface area contributed by atoms with Gasteiger partial charge in [-0.2, -0.15) is 0 Å². The van der Waals surface area contributed by atoms with Crippen molar-refractivity contribution in [2.24, 2.45) is 17.8 Å². The van der Waals surface area contributed by atoms with E-state index in [1.54, 1.807) is 0 Å². The molecule has 1 amide bonds. The molecule has 1 atom stereocenters. The van der Waals surface area contributed by atoms with Crippen LogP contribution < -0.4 is 5.32 Å². The molecule has 1 aromatic rings. The highest BCUT2D eigenvalue weighted by atomic mass is 35.5. The summed E-state index contributed by atoms with van der Waals surface area (Å²) in [6.07, 6.45) is 5.69. The fraction of sp³-hybridized carbons (Fsp3) is 0.600. The highest BCUT2D eigenvalue weighted by Crippen LogP contribution is 2.55. The van der Waals surface area contributed by atoms with Crippen molar-refractivity contribution in [1.29, 1.82) is 0 Å². The smallest absolute Gasteiger partial charge is 0.340 e. The van der Waals surface area contributed by atoms with Crippen molar-refractivity contribution in [3.63, 3.8) is 0 Å². The molecule has 4 bridgehead atoms. The van der Waals surface area contributed by atoms with Crippen molar-refractivity contribution in [3.8, 4) is 0 Å². The van der Waals surface area contributed by atoms with E-state index in [4.69, 9.17) is 16.3 Å². The zero-order chi connectivity index (χ0) is 19.3. The first kappa shape index (κ1) is 18.7. The summed E-state index contributed by atoms with van der Waals surface area (Å²) in [5.41, 5.74) is -0.489. The minimum atomic E-state index is -1.20. The molecule has 1 aromatic carbocycles. The molecule has 0 aliphatic heterocycles. The second kappa shape index (κ2) is 6.73. The first-order valence-electron chi connectivity index (χ1n) is 9.42. The van der Waals surface area contributed by atoms with E-state index in [1.807, 2.05) is 0 Å². The van der Waals surface area contributed by atoms with Crippen molar-refractivity contribution in [2.75, 3.05) is 0 Å².